The van der Waals surface area contributed by atoms with Crippen LogP contribution in [0.2, 0.25) is 0 Å². The van der Waals surface area contributed by atoms with E-state index < -0.39 is 5.97 Å². The van der Waals surface area contributed by atoms with Crippen LogP contribution in [0.1, 0.15) is 13.3 Å². The first kappa shape index (κ1) is 14.8. The molecule has 2 N–H and O–H groups in total. The summed E-state index contributed by atoms with van der Waals surface area (Å²) >= 11 is 0. The van der Waals surface area contributed by atoms with Crippen molar-refractivity contribution in [3.05, 3.63) is 24.3 Å². The van der Waals surface area contributed by atoms with Crippen molar-refractivity contribution in [2.75, 3.05) is 25.0 Å². The van der Waals surface area contributed by atoms with Crippen LogP contribution in [0.3, 0.4) is 0 Å². The lowest BCUT2D eigenvalue weighted by Crippen LogP contribution is -2.44. The molecule has 6 heteroatoms. The number of carbonyl (C=O) groups excluding carboxylic acids is 1. The van der Waals surface area contributed by atoms with Gasteiger partial charge in [0.05, 0.1) is 0 Å². The number of carboxylic acid groups (broad SMARTS) is 1. The minimum atomic E-state index is -1.04. The lowest BCUT2D eigenvalue weighted by Gasteiger charge is -2.26. The van der Waals surface area contributed by atoms with Crippen LogP contribution in [0.15, 0.2) is 24.3 Å². The average molecular weight is 266 g/mol. The number of aliphatic carboxylic acids is 1. The lowest BCUT2D eigenvalue weighted by atomic mass is 10.3. The van der Waals surface area contributed by atoms with Gasteiger partial charge in [-0.05, 0) is 30.7 Å². The van der Waals surface area contributed by atoms with Crippen molar-refractivity contribution in [1.29, 1.82) is 0 Å². The Morgan fingerprint density at radius 2 is 1.79 bits per heavy atom. The van der Waals surface area contributed by atoms with E-state index in [0.717, 1.165) is 0 Å². The molecule has 0 atom stereocenters. The van der Waals surface area contributed by atoms with Gasteiger partial charge in [-0.3, -0.25) is 9.69 Å². The number of anilines is 1. The van der Waals surface area contributed by atoms with Gasteiger partial charge in [-0.25, -0.2) is 4.79 Å². The molecule has 0 aliphatic rings. The predicted molar refractivity (Wildman–Crippen MR) is 71.4 cm³/mol. The molecule has 1 aromatic carbocycles. The number of hydrogen-bond donors (Lipinski definition) is 2. The zero-order chi connectivity index (χ0) is 14.4. The van der Waals surface area contributed by atoms with Gasteiger partial charge in [0.15, 0.2) is 0 Å². The summed E-state index contributed by atoms with van der Waals surface area (Å²) in [4.78, 5) is 25.6. The second-order valence-corrected chi connectivity index (χ2v) is 4.17. The van der Waals surface area contributed by atoms with Crippen LogP contribution in [-0.4, -0.2) is 47.3 Å². The van der Waals surface area contributed by atoms with Crippen LogP contribution in [0.25, 0.3) is 0 Å². The quantitative estimate of drug-likeness (QED) is 0.850. The lowest BCUT2D eigenvalue weighted by molar-refractivity contribution is -0.137. The molecule has 0 heterocycles. The topological polar surface area (TPSA) is 81.1 Å². The number of phenols is 1. The van der Waals surface area contributed by atoms with Crippen molar-refractivity contribution in [2.24, 2.45) is 0 Å². The van der Waals surface area contributed by atoms with Crippen LogP contribution in [0.5, 0.6) is 5.75 Å². The van der Waals surface area contributed by atoms with Gasteiger partial charge >= 0.3 is 12.0 Å². The normalized spacial score (nSPS) is 10.0. The summed E-state index contributed by atoms with van der Waals surface area (Å²) in [7, 11) is 1.57. The Kier molecular flexibility index (Phi) is 5.17. The summed E-state index contributed by atoms with van der Waals surface area (Å²) in [5, 5.41) is 18.0. The van der Waals surface area contributed by atoms with E-state index in [1.807, 2.05) is 6.92 Å². The zero-order valence-corrected chi connectivity index (χ0v) is 11.0. The molecule has 19 heavy (non-hydrogen) atoms. The third kappa shape index (κ3) is 4.17. The largest absolute Gasteiger partial charge is 0.508 e. The third-order valence-electron chi connectivity index (χ3n) is 2.61. The Balaban J connectivity index is 2.83. The van der Waals surface area contributed by atoms with Crippen molar-refractivity contribution in [2.45, 2.75) is 13.3 Å². The maximum Gasteiger partial charge on any atom is 0.324 e. The summed E-state index contributed by atoms with van der Waals surface area (Å²) in [5.74, 6) is -0.929. The molecule has 0 fully saturated rings. The molecule has 1 aromatic rings. The number of urea groups is 1. The molecular weight excluding hydrogens is 248 g/mol. The number of benzene rings is 1. The summed E-state index contributed by atoms with van der Waals surface area (Å²) < 4.78 is 0. The van der Waals surface area contributed by atoms with Crippen molar-refractivity contribution in [1.82, 2.24) is 4.90 Å². The highest BCUT2D eigenvalue weighted by atomic mass is 16.4. The van der Waals surface area contributed by atoms with E-state index in [1.54, 1.807) is 19.2 Å². The molecule has 2 amide bonds. The molecule has 0 saturated heterocycles. The molecule has 1 rings (SSSR count). The number of carboxylic acids is 1. The van der Waals surface area contributed by atoms with E-state index in [1.165, 1.54) is 21.9 Å². The van der Waals surface area contributed by atoms with Gasteiger partial charge < -0.3 is 15.1 Å². The summed E-state index contributed by atoms with van der Waals surface area (Å²) in [5.41, 5.74) is 0.592. The number of carbonyl (C=O) groups is 2. The summed E-state index contributed by atoms with van der Waals surface area (Å²) in [6, 6.07) is 5.76. The average Bonchev–Trinajstić information content (AvgIpc) is 2.37. The summed E-state index contributed by atoms with van der Waals surface area (Å²) in [6.07, 6.45) is 0.683. The van der Waals surface area contributed by atoms with Gasteiger partial charge in [-0.2, -0.15) is 0 Å². The number of rotatable bonds is 5. The molecule has 0 unspecified atom stereocenters. The number of phenolic OH excluding ortho intramolecular Hbond substituents is 1. The Hall–Kier alpha value is -2.24. The van der Waals surface area contributed by atoms with Gasteiger partial charge in [-0.1, -0.05) is 6.92 Å². The smallest absolute Gasteiger partial charge is 0.324 e. The molecule has 6 nitrogen and oxygen atoms in total. The van der Waals surface area contributed by atoms with Crippen molar-refractivity contribution in [3.8, 4) is 5.75 Å². The molecule has 0 aromatic heterocycles. The Bertz CT molecular complexity index is 444. The van der Waals surface area contributed by atoms with E-state index in [0.29, 0.717) is 18.7 Å². The minimum Gasteiger partial charge on any atom is -0.508 e. The van der Waals surface area contributed by atoms with Crippen LogP contribution in [0, 0.1) is 0 Å². The van der Waals surface area contributed by atoms with E-state index >= 15 is 0 Å². The van der Waals surface area contributed by atoms with Gasteiger partial charge in [-0.15, -0.1) is 0 Å². The summed E-state index contributed by atoms with van der Waals surface area (Å²) in [6.45, 7) is 1.94. The minimum absolute atomic E-state index is 0.112. The van der Waals surface area contributed by atoms with Crippen molar-refractivity contribution < 1.29 is 19.8 Å². The predicted octanol–water partition coefficient (Wildman–Crippen LogP) is 1.74. The van der Waals surface area contributed by atoms with E-state index in [4.69, 9.17) is 5.11 Å². The Labute approximate surface area is 111 Å². The highest BCUT2D eigenvalue weighted by Gasteiger charge is 2.20. The van der Waals surface area contributed by atoms with E-state index in [-0.39, 0.29) is 18.3 Å². The van der Waals surface area contributed by atoms with Gasteiger partial charge in [0.1, 0.15) is 12.3 Å². The van der Waals surface area contributed by atoms with Crippen LogP contribution in [-0.2, 0) is 4.79 Å². The maximum absolute atomic E-state index is 12.2. The first-order chi connectivity index (χ1) is 8.95. The Morgan fingerprint density at radius 3 is 2.26 bits per heavy atom. The number of amides is 2. The third-order valence-corrected chi connectivity index (χ3v) is 2.61. The molecular formula is C13H18N2O4. The maximum atomic E-state index is 12.2. The molecule has 104 valence electrons. The molecule has 0 aliphatic carbocycles. The van der Waals surface area contributed by atoms with Crippen molar-refractivity contribution in [3.63, 3.8) is 0 Å². The van der Waals surface area contributed by atoms with E-state index in [9.17, 15) is 14.7 Å². The Morgan fingerprint density at radius 1 is 1.21 bits per heavy atom. The molecule has 0 saturated carbocycles. The molecule has 0 spiro atoms. The fourth-order valence-electron chi connectivity index (χ4n) is 1.67. The number of nitrogens with zero attached hydrogens (tertiary/aromatic N) is 2. The van der Waals surface area contributed by atoms with Crippen molar-refractivity contribution >= 4 is 17.7 Å². The first-order valence-corrected chi connectivity index (χ1v) is 5.99. The van der Waals surface area contributed by atoms with Gasteiger partial charge in [0.2, 0.25) is 0 Å². The molecule has 0 bridgehead atoms. The SMILES string of the molecule is CCCN(CC(=O)O)C(=O)N(C)c1ccc(O)cc1. The second-order valence-electron chi connectivity index (χ2n) is 4.17. The highest BCUT2D eigenvalue weighted by molar-refractivity contribution is 5.93. The fourth-order valence-corrected chi connectivity index (χ4v) is 1.67. The highest BCUT2D eigenvalue weighted by Crippen LogP contribution is 2.18. The fraction of sp³-hybridized carbons (Fsp3) is 0.385. The zero-order valence-electron chi connectivity index (χ0n) is 11.0. The molecule has 0 radical (unpaired) electrons. The van der Waals surface area contributed by atoms with Crippen LogP contribution >= 0.6 is 0 Å². The monoisotopic (exact) mass is 266 g/mol. The first-order valence-electron chi connectivity index (χ1n) is 5.99. The van der Waals surface area contributed by atoms with E-state index in [2.05, 4.69) is 0 Å². The second kappa shape index (κ2) is 6.63. The standard InChI is InChI=1S/C13H18N2O4/c1-3-8-15(9-12(17)18)13(19)14(2)10-4-6-11(16)7-5-10/h4-7,16H,3,8-9H2,1-2H3,(H,17,18). The van der Waals surface area contributed by atoms with Crippen LogP contribution in [0.4, 0.5) is 10.5 Å². The van der Waals surface area contributed by atoms with Gasteiger partial charge in [0.25, 0.3) is 0 Å². The number of hydrogen-bond acceptors (Lipinski definition) is 3. The van der Waals surface area contributed by atoms with Gasteiger partial charge in [0, 0.05) is 19.3 Å². The van der Waals surface area contributed by atoms with Crippen LogP contribution < -0.4 is 4.90 Å². The number of aromatic hydroxyl groups is 1. The molecule has 0 aliphatic heterocycles.